The predicted molar refractivity (Wildman–Crippen MR) is 83.0 cm³/mol. The summed E-state index contributed by atoms with van der Waals surface area (Å²) in [6, 6.07) is 7.76. The van der Waals surface area contributed by atoms with Crippen molar-refractivity contribution in [1.82, 2.24) is 9.57 Å². The van der Waals surface area contributed by atoms with E-state index in [1.807, 2.05) is 36.1 Å². The van der Waals surface area contributed by atoms with E-state index in [0.29, 0.717) is 11.7 Å². The second kappa shape index (κ2) is 5.72. The summed E-state index contributed by atoms with van der Waals surface area (Å²) in [5.41, 5.74) is 1.08. The van der Waals surface area contributed by atoms with Crippen molar-refractivity contribution in [3.8, 4) is 5.75 Å². The van der Waals surface area contributed by atoms with Gasteiger partial charge in [-0.2, -0.15) is 0 Å². The Labute approximate surface area is 125 Å². The van der Waals surface area contributed by atoms with Crippen molar-refractivity contribution in [2.24, 2.45) is 0 Å². The van der Waals surface area contributed by atoms with Crippen LogP contribution in [0, 0.1) is 0 Å². The van der Waals surface area contributed by atoms with Crippen molar-refractivity contribution in [1.29, 1.82) is 0 Å². The van der Waals surface area contributed by atoms with Gasteiger partial charge in [-0.05, 0) is 36.8 Å². The van der Waals surface area contributed by atoms with Gasteiger partial charge in [-0.25, -0.2) is 0 Å². The molecule has 0 radical (unpaired) electrons. The molecule has 1 aliphatic rings. The summed E-state index contributed by atoms with van der Waals surface area (Å²) < 4.78 is 24.7. The summed E-state index contributed by atoms with van der Waals surface area (Å²) in [6.07, 6.45) is 0. The maximum absolute atomic E-state index is 12.7. The Kier molecular flexibility index (Phi) is 4.37. The monoisotopic (exact) mass is 314 g/mol. The van der Waals surface area contributed by atoms with Gasteiger partial charge >= 0.3 is 7.52 Å². The lowest BCUT2D eigenvalue weighted by molar-refractivity contribution is 0.339. The molecule has 1 aromatic rings. The second-order valence-electron chi connectivity index (χ2n) is 4.66. The van der Waals surface area contributed by atoms with Gasteiger partial charge in [-0.1, -0.05) is 12.1 Å². The summed E-state index contributed by atoms with van der Waals surface area (Å²) >= 11 is 5.38. The number of hydrogen-bond acceptors (Lipinski definition) is 4. The Morgan fingerprint density at radius 1 is 1.30 bits per heavy atom. The molecule has 0 saturated carbocycles. The molecule has 0 aliphatic carbocycles. The van der Waals surface area contributed by atoms with E-state index >= 15 is 0 Å². The van der Waals surface area contributed by atoms with Crippen LogP contribution in [-0.4, -0.2) is 41.7 Å². The number of thiocarbonyl (C=S) groups is 1. The summed E-state index contributed by atoms with van der Waals surface area (Å²) in [6.45, 7) is 2.48. The van der Waals surface area contributed by atoms with Crippen LogP contribution in [0.3, 0.4) is 0 Å². The van der Waals surface area contributed by atoms with Gasteiger partial charge in [-0.3, -0.25) is 9.24 Å². The summed E-state index contributed by atoms with van der Waals surface area (Å²) in [5.74, 6) is 0.553. The van der Waals surface area contributed by atoms with Gasteiger partial charge in [-0.15, -0.1) is 0 Å². The molecule has 1 fully saturated rings. The van der Waals surface area contributed by atoms with Crippen LogP contribution in [0.4, 0.5) is 0 Å². The van der Waals surface area contributed by atoms with Crippen LogP contribution in [0.25, 0.3) is 0 Å². The van der Waals surface area contributed by atoms with Crippen molar-refractivity contribution in [3.05, 3.63) is 29.8 Å². The minimum atomic E-state index is -2.90. The van der Waals surface area contributed by atoms with Gasteiger partial charge in [0.05, 0.1) is 7.11 Å². The molecule has 0 spiro atoms. The third-order valence-electron chi connectivity index (χ3n) is 3.64. The molecule has 2 unspecified atom stereocenters. The maximum Gasteiger partial charge on any atom is 0.319 e. The normalized spacial score (nSPS) is 26.2. The summed E-state index contributed by atoms with van der Waals surface area (Å²) in [5, 5.41) is 0.554. The van der Waals surface area contributed by atoms with Crippen LogP contribution < -0.4 is 4.74 Å². The molecule has 1 saturated heterocycles. The first-order valence-corrected chi connectivity index (χ1v) is 8.32. The van der Waals surface area contributed by atoms with E-state index < -0.39 is 7.52 Å². The third-order valence-corrected chi connectivity index (χ3v) is 7.05. The Morgan fingerprint density at radius 3 is 2.35 bits per heavy atom. The first-order valence-electron chi connectivity index (χ1n) is 6.27. The maximum atomic E-state index is 12.7. The highest BCUT2D eigenvalue weighted by atomic mass is 32.1. The van der Waals surface area contributed by atoms with Crippen LogP contribution in [0.5, 0.6) is 5.75 Å². The van der Waals surface area contributed by atoms with E-state index in [-0.39, 0.29) is 5.78 Å². The Morgan fingerprint density at radius 2 is 1.90 bits per heavy atom. The topological polar surface area (TPSA) is 42.0 Å². The van der Waals surface area contributed by atoms with Crippen LogP contribution in [-0.2, 0) is 15.6 Å². The highest BCUT2D eigenvalue weighted by molar-refractivity contribution is 7.81. The molecule has 1 aromatic carbocycles. The van der Waals surface area contributed by atoms with E-state index in [1.165, 1.54) is 7.11 Å². The third kappa shape index (κ3) is 2.43. The lowest BCUT2D eigenvalue weighted by atomic mass is 10.2. The van der Waals surface area contributed by atoms with Crippen molar-refractivity contribution in [3.63, 3.8) is 0 Å². The fourth-order valence-electron chi connectivity index (χ4n) is 2.29. The van der Waals surface area contributed by atoms with Gasteiger partial charge in [0, 0.05) is 20.7 Å². The first kappa shape index (κ1) is 15.3. The summed E-state index contributed by atoms with van der Waals surface area (Å²) in [4.78, 5) is 1.93. The molecule has 1 aliphatic heterocycles. The van der Waals surface area contributed by atoms with Crippen molar-refractivity contribution < 1.29 is 13.8 Å². The van der Waals surface area contributed by atoms with Crippen LogP contribution in [0.15, 0.2) is 24.3 Å². The quantitative estimate of drug-likeness (QED) is 0.629. The largest absolute Gasteiger partial charge is 0.497 e. The van der Waals surface area contributed by atoms with Crippen molar-refractivity contribution in [2.45, 2.75) is 19.3 Å². The zero-order valence-electron chi connectivity index (χ0n) is 12.1. The molecule has 5 nitrogen and oxygen atoms in total. The van der Waals surface area contributed by atoms with Crippen molar-refractivity contribution >= 4 is 24.8 Å². The molecule has 0 amide bonds. The Hall–Kier alpha value is -1.10. The van der Waals surface area contributed by atoms with E-state index in [4.69, 9.17) is 21.5 Å². The standard InChI is InChI=1S/C13H19N2O3PS/c1-10-15(13(20)14(2)19(10,16)18-4)9-11-5-7-12(17-3)8-6-11/h5-8,10H,9H2,1-4H3. The fraction of sp³-hybridized carbons (Fsp3) is 0.462. The number of rotatable bonds is 4. The molecular weight excluding hydrogens is 295 g/mol. The van der Waals surface area contributed by atoms with Crippen LogP contribution in [0.2, 0.25) is 0 Å². The minimum absolute atomic E-state index is 0.257. The molecule has 1 heterocycles. The van der Waals surface area contributed by atoms with Crippen molar-refractivity contribution in [2.75, 3.05) is 21.3 Å². The molecule has 0 bridgehead atoms. The minimum Gasteiger partial charge on any atom is -0.497 e. The van der Waals surface area contributed by atoms with E-state index in [9.17, 15) is 4.57 Å². The van der Waals surface area contributed by atoms with Gasteiger partial charge in [0.1, 0.15) is 11.5 Å². The smallest absolute Gasteiger partial charge is 0.319 e. The number of methoxy groups -OCH3 is 1. The lowest BCUT2D eigenvalue weighted by Crippen LogP contribution is -2.31. The van der Waals surface area contributed by atoms with Gasteiger partial charge < -0.3 is 14.2 Å². The van der Waals surface area contributed by atoms with E-state index in [1.54, 1.807) is 18.8 Å². The molecule has 20 heavy (non-hydrogen) atoms. The zero-order valence-corrected chi connectivity index (χ0v) is 13.8. The highest BCUT2D eigenvalue weighted by Crippen LogP contribution is 2.60. The van der Waals surface area contributed by atoms with Gasteiger partial charge in [0.25, 0.3) is 0 Å². The SMILES string of the molecule is COc1ccc(CN2C(=S)N(C)P(=O)(OC)C2C)cc1. The molecule has 2 atom stereocenters. The average Bonchev–Trinajstić information content (AvgIpc) is 2.64. The molecule has 110 valence electrons. The molecule has 0 aromatic heterocycles. The van der Waals surface area contributed by atoms with Gasteiger partial charge in [0.15, 0.2) is 5.11 Å². The number of ether oxygens (including phenoxy) is 1. The Bertz CT molecular complexity index is 549. The Balaban J connectivity index is 2.20. The zero-order chi connectivity index (χ0) is 14.9. The molecule has 0 N–H and O–H groups in total. The number of hydrogen-bond donors (Lipinski definition) is 0. The van der Waals surface area contributed by atoms with E-state index in [0.717, 1.165) is 11.3 Å². The number of benzene rings is 1. The highest BCUT2D eigenvalue weighted by Gasteiger charge is 2.48. The summed E-state index contributed by atoms with van der Waals surface area (Å²) in [7, 11) is 1.92. The number of nitrogens with zero attached hydrogens (tertiary/aromatic N) is 2. The first-order chi connectivity index (χ1) is 9.43. The lowest BCUT2D eigenvalue weighted by Gasteiger charge is -2.22. The molecule has 7 heteroatoms. The van der Waals surface area contributed by atoms with Crippen LogP contribution in [0.1, 0.15) is 12.5 Å². The molecule has 2 rings (SSSR count). The van der Waals surface area contributed by atoms with E-state index in [2.05, 4.69) is 0 Å². The predicted octanol–water partition coefficient (Wildman–Crippen LogP) is 2.91. The second-order valence-corrected chi connectivity index (χ2v) is 7.87. The molecular formula is C13H19N2O3PS. The fourth-order valence-corrected chi connectivity index (χ4v) is 4.88. The van der Waals surface area contributed by atoms with Gasteiger partial charge in [0.2, 0.25) is 0 Å². The van der Waals surface area contributed by atoms with Crippen LogP contribution >= 0.6 is 19.7 Å². The average molecular weight is 314 g/mol.